The highest BCUT2D eigenvalue weighted by Crippen LogP contribution is 2.56. The number of hydrogen-bond donors (Lipinski definition) is 0. The van der Waals surface area contributed by atoms with E-state index in [9.17, 15) is 0 Å². The predicted molar refractivity (Wildman–Crippen MR) is 234 cm³/mol. The van der Waals surface area contributed by atoms with Gasteiger partial charge in [-0.3, -0.25) is 0 Å². The topological polar surface area (TPSA) is 4.93 Å². The molecule has 0 atom stereocenters. The fraction of sp³-hybridized carbons (Fsp3) is 0.0189. The number of hydrogen-bond acceptors (Lipinski definition) is 0. The Morgan fingerprint density at radius 2 is 0.927 bits per heavy atom. The molecule has 1 aromatic heterocycles. The van der Waals surface area contributed by atoms with Gasteiger partial charge >= 0.3 is 0 Å². The normalized spacial score (nSPS) is 13.0. The SMILES string of the molecule is Brc1ccccc1-c1ccccc1-c1ccc2c3cc4ccccc4cc3n(-c3ccc4c(c3)C(c3ccccc3)(c3ccccc3)c3ccccc3-4)c2c1. The van der Waals surface area contributed by atoms with Crippen molar-refractivity contribution in [3.05, 3.63) is 233 Å². The summed E-state index contributed by atoms with van der Waals surface area (Å²) in [5, 5.41) is 4.97. The maximum atomic E-state index is 3.84. The lowest BCUT2D eigenvalue weighted by molar-refractivity contribution is 0.767. The molecule has 0 amide bonds. The second kappa shape index (κ2) is 12.6. The summed E-state index contributed by atoms with van der Waals surface area (Å²) in [6.45, 7) is 0. The lowest BCUT2D eigenvalue weighted by Crippen LogP contribution is -2.28. The minimum atomic E-state index is -0.483. The van der Waals surface area contributed by atoms with Gasteiger partial charge < -0.3 is 4.57 Å². The molecule has 0 saturated carbocycles. The van der Waals surface area contributed by atoms with Crippen LogP contribution in [0.15, 0.2) is 211 Å². The highest BCUT2D eigenvalue weighted by atomic mass is 79.9. The Kier molecular flexibility index (Phi) is 7.30. The summed E-state index contributed by atoms with van der Waals surface area (Å²) in [5.41, 5.74) is 15.5. The molecule has 0 N–H and O–H groups in total. The summed E-state index contributed by atoms with van der Waals surface area (Å²) >= 11 is 3.84. The Balaban J connectivity index is 1.22. The highest BCUT2D eigenvalue weighted by Gasteiger charge is 2.46. The number of rotatable bonds is 5. The standard InChI is InChI=1S/C53H34BrN/c54-50-26-14-12-24-45(50)42-22-10-9-21-41(42)37-27-29-46-47-31-35-15-7-8-16-36(35)32-52(47)55(51(46)33-37)40-28-30-44-43-23-11-13-25-48(43)53(49(44)34-40,38-17-3-1-4-18-38)39-19-5-2-6-20-39/h1-34H. The van der Waals surface area contributed by atoms with Crippen LogP contribution in [0.1, 0.15) is 22.3 Å². The molecular formula is C53H34BrN. The van der Waals surface area contributed by atoms with E-state index in [1.165, 1.54) is 88.2 Å². The van der Waals surface area contributed by atoms with E-state index in [0.717, 1.165) is 10.2 Å². The molecule has 1 aliphatic carbocycles. The smallest absolute Gasteiger partial charge is 0.0714 e. The molecule has 0 unspecified atom stereocenters. The Labute approximate surface area is 328 Å². The Morgan fingerprint density at radius 1 is 0.364 bits per heavy atom. The zero-order valence-corrected chi connectivity index (χ0v) is 31.5. The minimum absolute atomic E-state index is 0.483. The fourth-order valence-corrected chi connectivity index (χ4v) is 9.87. The lowest BCUT2D eigenvalue weighted by Gasteiger charge is -2.34. The first kappa shape index (κ1) is 32.0. The summed E-state index contributed by atoms with van der Waals surface area (Å²) in [4.78, 5) is 0. The van der Waals surface area contributed by atoms with Gasteiger partial charge in [-0.05, 0) is 103 Å². The zero-order valence-electron chi connectivity index (χ0n) is 30.0. The van der Waals surface area contributed by atoms with Crippen LogP contribution >= 0.6 is 15.9 Å². The lowest BCUT2D eigenvalue weighted by atomic mass is 9.67. The molecule has 11 rings (SSSR count). The highest BCUT2D eigenvalue weighted by molar-refractivity contribution is 9.10. The predicted octanol–water partition coefficient (Wildman–Crippen LogP) is 14.4. The third kappa shape index (κ3) is 4.78. The number of nitrogens with zero attached hydrogens (tertiary/aromatic N) is 1. The van der Waals surface area contributed by atoms with Crippen molar-refractivity contribution in [2.24, 2.45) is 0 Å². The average molecular weight is 765 g/mol. The van der Waals surface area contributed by atoms with Crippen LogP contribution in [0.3, 0.4) is 0 Å². The van der Waals surface area contributed by atoms with Gasteiger partial charge in [0.2, 0.25) is 0 Å². The molecule has 0 spiro atoms. The van der Waals surface area contributed by atoms with Crippen molar-refractivity contribution in [2.45, 2.75) is 5.41 Å². The number of halogens is 1. The molecule has 258 valence electrons. The summed E-state index contributed by atoms with van der Waals surface area (Å²) in [7, 11) is 0. The first-order chi connectivity index (χ1) is 27.2. The van der Waals surface area contributed by atoms with Crippen LogP contribution in [-0.4, -0.2) is 4.57 Å². The minimum Gasteiger partial charge on any atom is -0.309 e. The largest absolute Gasteiger partial charge is 0.309 e. The zero-order chi connectivity index (χ0) is 36.5. The molecule has 10 aromatic rings. The van der Waals surface area contributed by atoms with E-state index in [-0.39, 0.29) is 0 Å². The summed E-state index contributed by atoms with van der Waals surface area (Å²) in [6, 6.07) is 76.1. The van der Waals surface area contributed by atoms with Crippen molar-refractivity contribution in [3.8, 4) is 39.1 Å². The quantitative estimate of drug-likeness (QED) is 0.164. The number of fused-ring (bicyclic) bond motifs is 7. The summed E-state index contributed by atoms with van der Waals surface area (Å²) < 4.78 is 3.59. The maximum absolute atomic E-state index is 3.84. The van der Waals surface area contributed by atoms with Gasteiger partial charge in [-0.25, -0.2) is 0 Å². The molecule has 1 heterocycles. The molecule has 0 fully saturated rings. The van der Waals surface area contributed by atoms with E-state index in [1.807, 2.05) is 0 Å². The molecular weight excluding hydrogens is 730 g/mol. The fourth-order valence-electron chi connectivity index (χ4n) is 9.37. The average Bonchev–Trinajstić information content (AvgIpc) is 3.73. The first-order valence-corrected chi connectivity index (χ1v) is 19.7. The second-order valence-corrected chi connectivity index (χ2v) is 15.4. The van der Waals surface area contributed by atoms with Crippen LogP contribution in [-0.2, 0) is 5.41 Å². The monoisotopic (exact) mass is 763 g/mol. The van der Waals surface area contributed by atoms with Crippen molar-refractivity contribution in [3.63, 3.8) is 0 Å². The Morgan fingerprint density at radius 3 is 1.65 bits per heavy atom. The molecule has 0 aliphatic heterocycles. The van der Waals surface area contributed by atoms with Crippen LogP contribution in [0.25, 0.3) is 71.6 Å². The Bertz CT molecular complexity index is 3060. The summed E-state index contributed by atoms with van der Waals surface area (Å²) in [5.74, 6) is 0. The molecule has 55 heavy (non-hydrogen) atoms. The van der Waals surface area contributed by atoms with Crippen LogP contribution in [0.5, 0.6) is 0 Å². The first-order valence-electron chi connectivity index (χ1n) is 18.9. The van der Waals surface area contributed by atoms with Crippen molar-refractivity contribution < 1.29 is 0 Å². The molecule has 1 aliphatic rings. The van der Waals surface area contributed by atoms with Crippen molar-refractivity contribution in [1.29, 1.82) is 0 Å². The van der Waals surface area contributed by atoms with Gasteiger partial charge in [0.25, 0.3) is 0 Å². The number of benzene rings is 9. The van der Waals surface area contributed by atoms with Gasteiger partial charge in [0.1, 0.15) is 0 Å². The van der Waals surface area contributed by atoms with Gasteiger partial charge in [-0.2, -0.15) is 0 Å². The van der Waals surface area contributed by atoms with Gasteiger partial charge in [0, 0.05) is 20.9 Å². The van der Waals surface area contributed by atoms with Crippen molar-refractivity contribution >= 4 is 48.5 Å². The van der Waals surface area contributed by atoms with E-state index in [0.29, 0.717) is 0 Å². The maximum Gasteiger partial charge on any atom is 0.0714 e. The third-order valence-electron chi connectivity index (χ3n) is 11.7. The van der Waals surface area contributed by atoms with E-state index in [2.05, 4.69) is 227 Å². The van der Waals surface area contributed by atoms with E-state index >= 15 is 0 Å². The van der Waals surface area contributed by atoms with Crippen LogP contribution < -0.4 is 0 Å². The molecule has 0 radical (unpaired) electrons. The Hall–Kier alpha value is -6.48. The van der Waals surface area contributed by atoms with E-state index in [4.69, 9.17) is 0 Å². The number of aromatic nitrogens is 1. The van der Waals surface area contributed by atoms with Gasteiger partial charge in [-0.1, -0.05) is 186 Å². The van der Waals surface area contributed by atoms with Crippen LogP contribution in [0, 0.1) is 0 Å². The van der Waals surface area contributed by atoms with Gasteiger partial charge in [-0.15, -0.1) is 0 Å². The third-order valence-corrected chi connectivity index (χ3v) is 12.4. The van der Waals surface area contributed by atoms with Crippen molar-refractivity contribution in [1.82, 2.24) is 4.57 Å². The van der Waals surface area contributed by atoms with Gasteiger partial charge in [0.15, 0.2) is 0 Å². The molecule has 0 saturated heterocycles. The van der Waals surface area contributed by atoms with Crippen LogP contribution in [0.4, 0.5) is 0 Å². The molecule has 9 aromatic carbocycles. The van der Waals surface area contributed by atoms with E-state index in [1.54, 1.807) is 0 Å². The van der Waals surface area contributed by atoms with E-state index < -0.39 is 5.41 Å². The van der Waals surface area contributed by atoms with Crippen molar-refractivity contribution in [2.75, 3.05) is 0 Å². The second-order valence-electron chi connectivity index (χ2n) is 14.6. The molecule has 1 nitrogen and oxygen atoms in total. The summed E-state index contributed by atoms with van der Waals surface area (Å²) in [6.07, 6.45) is 0. The van der Waals surface area contributed by atoms with Crippen LogP contribution in [0.2, 0.25) is 0 Å². The van der Waals surface area contributed by atoms with Gasteiger partial charge in [0.05, 0.1) is 16.4 Å². The molecule has 0 bridgehead atoms. The molecule has 2 heteroatoms.